The summed E-state index contributed by atoms with van der Waals surface area (Å²) in [6, 6.07) is 20.2. The number of ether oxygens (including phenoxy) is 1. The first-order chi connectivity index (χ1) is 13.6. The number of hydrogen-bond acceptors (Lipinski definition) is 5. The highest BCUT2D eigenvalue weighted by atomic mass is 16.5. The van der Waals surface area contributed by atoms with Gasteiger partial charge < -0.3 is 15.4 Å². The fourth-order valence-electron chi connectivity index (χ4n) is 2.79. The van der Waals surface area contributed by atoms with Crippen LogP contribution < -0.4 is 15.4 Å². The van der Waals surface area contributed by atoms with E-state index in [1.807, 2.05) is 48.5 Å². The van der Waals surface area contributed by atoms with Crippen LogP contribution >= 0.6 is 0 Å². The first kappa shape index (κ1) is 19.7. The van der Waals surface area contributed by atoms with Gasteiger partial charge in [-0.2, -0.15) is 4.98 Å². The Kier molecular flexibility index (Phi) is 6.84. The number of anilines is 2. The van der Waals surface area contributed by atoms with Crippen LogP contribution in [-0.4, -0.2) is 23.6 Å². The standard InChI is InChI=1S/C23H28N4O/c1-17(2)13-14-24-22-15-21(19-7-5-4-6-8-19)26-23(27-22)25-16-18-9-11-20(28-3)12-10-18/h4-12,15,17H,13-14,16H2,1-3H3,(H2,24,25,26,27). The van der Waals surface area contributed by atoms with E-state index >= 15 is 0 Å². The smallest absolute Gasteiger partial charge is 0.225 e. The minimum atomic E-state index is 0.615. The van der Waals surface area contributed by atoms with E-state index < -0.39 is 0 Å². The number of methoxy groups -OCH3 is 1. The minimum Gasteiger partial charge on any atom is -0.497 e. The molecule has 5 heteroatoms. The Labute approximate surface area is 167 Å². The van der Waals surface area contributed by atoms with Crippen molar-refractivity contribution >= 4 is 11.8 Å². The Morgan fingerprint density at radius 2 is 1.68 bits per heavy atom. The van der Waals surface area contributed by atoms with Crippen LogP contribution in [0.3, 0.4) is 0 Å². The zero-order valence-corrected chi connectivity index (χ0v) is 16.8. The van der Waals surface area contributed by atoms with Gasteiger partial charge >= 0.3 is 0 Å². The lowest BCUT2D eigenvalue weighted by Crippen LogP contribution is -2.10. The number of benzene rings is 2. The van der Waals surface area contributed by atoms with Crippen LogP contribution in [0.1, 0.15) is 25.8 Å². The lowest BCUT2D eigenvalue weighted by Gasteiger charge is -2.12. The second-order valence-corrected chi connectivity index (χ2v) is 7.14. The Morgan fingerprint density at radius 3 is 2.36 bits per heavy atom. The molecule has 146 valence electrons. The van der Waals surface area contributed by atoms with Gasteiger partial charge in [-0.1, -0.05) is 56.3 Å². The summed E-state index contributed by atoms with van der Waals surface area (Å²) in [4.78, 5) is 9.36. The average molecular weight is 377 g/mol. The topological polar surface area (TPSA) is 59.1 Å². The molecule has 3 rings (SSSR count). The molecule has 0 aliphatic carbocycles. The molecule has 0 radical (unpaired) electrons. The van der Waals surface area contributed by atoms with Gasteiger partial charge in [0, 0.05) is 24.7 Å². The molecular weight excluding hydrogens is 348 g/mol. The first-order valence-electron chi connectivity index (χ1n) is 9.69. The van der Waals surface area contributed by atoms with Gasteiger partial charge in [0.2, 0.25) is 5.95 Å². The summed E-state index contributed by atoms with van der Waals surface area (Å²) < 4.78 is 5.21. The van der Waals surface area contributed by atoms with Gasteiger partial charge in [-0.05, 0) is 30.0 Å². The van der Waals surface area contributed by atoms with Crippen LogP contribution in [-0.2, 0) is 6.54 Å². The lowest BCUT2D eigenvalue weighted by atomic mass is 10.1. The van der Waals surface area contributed by atoms with Gasteiger partial charge in [-0.3, -0.25) is 0 Å². The molecule has 5 nitrogen and oxygen atoms in total. The number of nitrogens with one attached hydrogen (secondary N) is 2. The fraction of sp³-hybridized carbons (Fsp3) is 0.304. The molecule has 3 aromatic rings. The second-order valence-electron chi connectivity index (χ2n) is 7.14. The van der Waals surface area contributed by atoms with Crippen LogP contribution in [0, 0.1) is 5.92 Å². The van der Waals surface area contributed by atoms with Crippen molar-refractivity contribution in [2.24, 2.45) is 5.92 Å². The van der Waals surface area contributed by atoms with E-state index in [1.54, 1.807) is 7.11 Å². The Balaban J connectivity index is 1.77. The van der Waals surface area contributed by atoms with E-state index in [0.717, 1.165) is 41.4 Å². The molecule has 0 unspecified atom stereocenters. The zero-order valence-electron chi connectivity index (χ0n) is 16.8. The van der Waals surface area contributed by atoms with Gasteiger partial charge in [-0.25, -0.2) is 4.98 Å². The van der Waals surface area contributed by atoms with Crippen molar-refractivity contribution < 1.29 is 4.74 Å². The summed E-state index contributed by atoms with van der Waals surface area (Å²) in [6.07, 6.45) is 1.10. The van der Waals surface area contributed by atoms with Gasteiger partial charge in [0.15, 0.2) is 0 Å². The number of aromatic nitrogens is 2. The maximum Gasteiger partial charge on any atom is 0.225 e. The molecule has 28 heavy (non-hydrogen) atoms. The molecular formula is C23H28N4O. The van der Waals surface area contributed by atoms with E-state index in [1.165, 1.54) is 0 Å². The molecule has 2 N–H and O–H groups in total. The molecule has 0 amide bonds. The Hall–Kier alpha value is -3.08. The molecule has 0 aliphatic rings. The van der Waals surface area contributed by atoms with E-state index in [-0.39, 0.29) is 0 Å². The van der Waals surface area contributed by atoms with Crippen molar-refractivity contribution in [3.8, 4) is 17.0 Å². The largest absolute Gasteiger partial charge is 0.497 e. The molecule has 0 atom stereocenters. The third kappa shape index (κ3) is 5.71. The first-order valence-corrected chi connectivity index (χ1v) is 9.69. The van der Waals surface area contributed by atoms with Gasteiger partial charge in [0.1, 0.15) is 11.6 Å². The lowest BCUT2D eigenvalue weighted by molar-refractivity contribution is 0.414. The maximum absolute atomic E-state index is 5.21. The van der Waals surface area contributed by atoms with Crippen molar-refractivity contribution in [3.63, 3.8) is 0 Å². The molecule has 0 spiro atoms. The quantitative estimate of drug-likeness (QED) is 0.536. The van der Waals surface area contributed by atoms with Crippen molar-refractivity contribution in [1.82, 2.24) is 9.97 Å². The second kappa shape index (κ2) is 9.74. The molecule has 0 bridgehead atoms. The molecule has 0 aliphatic heterocycles. The van der Waals surface area contributed by atoms with E-state index in [0.29, 0.717) is 18.4 Å². The highest BCUT2D eigenvalue weighted by Crippen LogP contribution is 2.22. The molecule has 0 fully saturated rings. The normalized spacial score (nSPS) is 10.7. The maximum atomic E-state index is 5.21. The third-order valence-corrected chi connectivity index (χ3v) is 4.43. The monoisotopic (exact) mass is 376 g/mol. The summed E-state index contributed by atoms with van der Waals surface area (Å²) in [5.41, 5.74) is 3.12. The minimum absolute atomic E-state index is 0.615. The highest BCUT2D eigenvalue weighted by molar-refractivity contribution is 5.64. The molecule has 0 saturated heterocycles. The molecule has 0 saturated carbocycles. The van der Waals surface area contributed by atoms with Crippen LogP contribution in [0.2, 0.25) is 0 Å². The molecule has 2 aromatic carbocycles. The summed E-state index contributed by atoms with van der Waals surface area (Å²) >= 11 is 0. The van der Waals surface area contributed by atoms with Gasteiger partial charge in [0.25, 0.3) is 0 Å². The van der Waals surface area contributed by atoms with Crippen LogP contribution in [0.4, 0.5) is 11.8 Å². The average Bonchev–Trinajstić information content (AvgIpc) is 2.73. The zero-order chi connectivity index (χ0) is 19.8. The fourth-order valence-corrected chi connectivity index (χ4v) is 2.79. The molecule has 1 aromatic heterocycles. The van der Waals surface area contributed by atoms with Gasteiger partial charge in [0.05, 0.1) is 12.8 Å². The third-order valence-electron chi connectivity index (χ3n) is 4.43. The Bertz CT molecular complexity index is 864. The van der Waals surface area contributed by atoms with Crippen molar-refractivity contribution in [1.29, 1.82) is 0 Å². The predicted octanol–water partition coefficient (Wildman–Crippen LogP) is 5.22. The van der Waals surface area contributed by atoms with Crippen LogP contribution in [0.15, 0.2) is 60.7 Å². The predicted molar refractivity (Wildman–Crippen MR) is 116 cm³/mol. The number of rotatable bonds is 9. The van der Waals surface area contributed by atoms with Crippen LogP contribution in [0.25, 0.3) is 11.3 Å². The SMILES string of the molecule is COc1ccc(CNc2nc(NCCC(C)C)cc(-c3ccccc3)n2)cc1. The van der Waals surface area contributed by atoms with Crippen molar-refractivity contribution in [2.45, 2.75) is 26.8 Å². The van der Waals surface area contributed by atoms with Crippen molar-refractivity contribution in [3.05, 3.63) is 66.2 Å². The van der Waals surface area contributed by atoms with Gasteiger partial charge in [-0.15, -0.1) is 0 Å². The summed E-state index contributed by atoms with van der Waals surface area (Å²) in [5.74, 6) is 2.95. The highest BCUT2D eigenvalue weighted by Gasteiger charge is 2.07. The molecule has 1 heterocycles. The number of nitrogens with zero attached hydrogens (tertiary/aromatic N) is 2. The summed E-state index contributed by atoms with van der Waals surface area (Å²) in [5, 5.41) is 6.78. The summed E-state index contributed by atoms with van der Waals surface area (Å²) in [6.45, 7) is 5.98. The van der Waals surface area contributed by atoms with E-state index in [2.05, 4.69) is 41.6 Å². The van der Waals surface area contributed by atoms with Crippen molar-refractivity contribution in [2.75, 3.05) is 24.3 Å². The number of hydrogen-bond donors (Lipinski definition) is 2. The van der Waals surface area contributed by atoms with Crippen LogP contribution in [0.5, 0.6) is 5.75 Å². The summed E-state index contributed by atoms with van der Waals surface area (Å²) in [7, 11) is 1.67. The van der Waals surface area contributed by atoms with E-state index in [9.17, 15) is 0 Å². The van der Waals surface area contributed by atoms with E-state index in [4.69, 9.17) is 9.72 Å². The Morgan fingerprint density at radius 1 is 0.929 bits per heavy atom.